The summed E-state index contributed by atoms with van der Waals surface area (Å²) in [6, 6.07) is 6.26. The van der Waals surface area contributed by atoms with Crippen molar-refractivity contribution < 1.29 is 14.7 Å². The molecule has 4 fully saturated rings. The highest BCUT2D eigenvalue weighted by Crippen LogP contribution is 2.70. The second-order valence-electron chi connectivity index (χ2n) is 13.3. The van der Waals surface area contributed by atoms with Crippen molar-refractivity contribution in [3.05, 3.63) is 46.1 Å². The Labute approximate surface area is 214 Å². The van der Waals surface area contributed by atoms with Gasteiger partial charge in [-0.1, -0.05) is 58.4 Å². The number of hydrogen-bond acceptors (Lipinski definition) is 2. The molecular formula is C29H39ClN2O3. The zero-order chi connectivity index (χ0) is 25.4. The van der Waals surface area contributed by atoms with Crippen LogP contribution in [0.25, 0.3) is 0 Å². The van der Waals surface area contributed by atoms with Crippen LogP contribution in [-0.2, 0) is 16.8 Å². The van der Waals surface area contributed by atoms with Gasteiger partial charge in [-0.15, -0.1) is 0 Å². The standard InChI is InChI=1S/C29H39ClN2O3/c1-18(2)20-9-11-29(21-7-6-19(23(30)13-21)8-10-26(3,4)5)22(12-20)14-32(25(35)31-29)28-15-27(16-28,17-28)24(33)34/h6-7,13-14,18,20H,8-12,15-17H2,1-5H3,(H,31,35)(H,33,34)/t20?,27?,28?,29-/m1/s1. The summed E-state index contributed by atoms with van der Waals surface area (Å²) in [5, 5.41) is 13.7. The first-order valence-electron chi connectivity index (χ1n) is 13.1. The smallest absolute Gasteiger partial charge is 0.322 e. The quantitative estimate of drug-likeness (QED) is 0.448. The van der Waals surface area contributed by atoms with Crippen LogP contribution in [0.5, 0.6) is 0 Å². The highest BCUT2D eigenvalue weighted by Gasteiger charge is 2.75. The van der Waals surface area contributed by atoms with Crippen molar-refractivity contribution in [1.82, 2.24) is 10.2 Å². The molecule has 0 spiro atoms. The van der Waals surface area contributed by atoms with Crippen LogP contribution >= 0.6 is 11.6 Å². The van der Waals surface area contributed by atoms with Gasteiger partial charge in [-0.05, 0) is 91.4 Å². The summed E-state index contributed by atoms with van der Waals surface area (Å²) in [7, 11) is 0. The van der Waals surface area contributed by atoms with E-state index in [0.717, 1.165) is 48.3 Å². The molecule has 1 aromatic rings. The minimum absolute atomic E-state index is 0.108. The van der Waals surface area contributed by atoms with E-state index >= 15 is 0 Å². The summed E-state index contributed by atoms with van der Waals surface area (Å²) in [6.45, 7) is 11.3. The van der Waals surface area contributed by atoms with Crippen molar-refractivity contribution in [2.45, 2.75) is 97.1 Å². The Bertz CT molecular complexity index is 1080. The van der Waals surface area contributed by atoms with Crippen LogP contribution in [-0.4, -0.2) is 27.5 Å². The van der Waals surface area contributed by atoms with Gasteiger partial charge < -0.3 is 10.4 Å². The van der Waals surface area contributed by atoms with Gasteiger partial charge in [-0.2, -0.15) is 0 Å². The Morgan fingerprint density at radius 1 is 1.26 bits per heavy atom. The lowest BCUT2D eigenvalue weighted by Gasteiger charge is -2.71. The van der Waals surface area contributed by atoms with Crippen LogP contribution in [0.15, 0.2) is 30.0 Å². The summed E-state index contributed by atoms with van der Waals surface area (Å²) in [5.41, 5.74) is 2.20. The number of aliphatic carboxylic acids is 1. The lowest BCUT2D eigenvalue weighted by Crippen LogP contribution is -2.78. The van der Waals surface area contributed by atoms with Crippen molar-refractivity contribution in [2.75, 3.05) is 0 Å². The fraction of sp³-hybridized carbons (Fsp3) is 0.655. The van der Waals surface area contributed by atoms with Crippen molar-refractivity contribution in [3.63, 3.8) is 0 Å². The Hall–Kier alpha value is -2.01. The Morgan fingerprint density at radius 3 is 2.51 bits per heavy atom. The molecule has 5 aliphatic rings. The summed E-state index contributed by atoms with van der Waals surface area (Å²) in [6.07, 6.45) is 8.57. The number of carbonyl (C=O) groups excluding carboxylic acids is 1. The SMILES string of the molecule is CC(C)C1CC[C@]2(c3ccc(CCC(C)(C)C)c(Cl)c3)NC(=O)N(C34CC(C(=O)O)(C3)C4)C=C2C1. The molecule has 35 heavy (non-hydrogen) atoms. The van der Waals surface area contributed by atoms with Crippen LogP contribution in [0, 0.1) is 22.7 Å². The third kappa shape index (κ3) is 3.89. The number of nitrogens with zero attached hydrogens (tertiary/aromatic N) is 1. The molecule has 5 nitrogen and oxygen atoms in total. The summed E-state index contributed by atoms with van der Waals surface area (Å²) in [5.74, 6) is 0.400. The molecule has 1 aliphatic heterocycles. The monoisotopic (exact) mass is 498 g/mol. The van der Waals surface area contributed by atoms with E-state index in [4.69, 9.17) is 11.6 Å². The van der Waals surface area contributed by atoms with Crippen LogP contribution in [0.2, 0.25) is 5.02 Å². The maximum atomic E-state index is 13.5. The van der Waals surface area contributed by atoms with E-state index in [1.165, 1.54) is 5.57 Å². The molecule has 1 heterocycles. The van der Waals surface area contributed by atoms with E-state index in [0.29, 0.717) is 31.1 Å². The number of halogens is 1. The fourth-order valence-electron chi connectivity index (χ4n) is 6.95. The molecule has 6 rings (SSSR count). The van der Waals surface area contributed by atoms with E-state index in [9.17, 15) is 14.7 Å². The molecule has 1 unspecified atom stereocenters. The third-order valence-corrected chi connectivity index (χ3v) is 9.70. The van der Waals surface area contributed by atoms with Gasteiger partial charge in [-0.25, -0.2) is 4.79 Å². The topological polar surface area (TPSA) is 69.6 Å². The molecule has 2 N–H and O–H groups in total. The number of fused-ring (bicyclic) bond motifs is 1. The van der Waals surface area contributed by atoms with Gasteiger partial charge in [0.25, 0.3) is 0 Å². The van der Waals surface area contributed by atoms with Crippen LogP contribution in [0.1, 0.15) is 90.7 Å². The van der Waals surface area contributed by atoms with Crippen molar-refractivity contribution in [3.8, 4) is 0 Å². The van der Waals surface area contributed by atoms with E-state index in [2.05, 4.69) is 64.3 Å². The van der Waals surface area contributed by atoms with Crippen molar-refractivity contribution in [1.29, 1.82) is 0 Å². The van der Waals surface area contributed by atoms with Gasteiger partial charge >= 0.3 is 12.0 Å². The number of urea groups is 1. The number of aryl methyl sites for hydroxylation is 1. The number of nitrogens with one attached hydrogen (secondary N) is 1. The number of carboxylic acids is 1. The average Bonchev–Trinajstić information content (AvgIpc) is 2.69. The lowest BCUT2D eigenvalue weighted by atomic mass is 9.38. The first-order valence-corrected chi connectivity index (χ1v) is 13.5. The maximum Gasteiger partial charge on any atom is 0.322 e. The average molecular weight is 499 g/mol. The molecule has 1 aromatic carbocycles. The largest absolute Gasteiger partial charge is 0.481 e. The van der Waals surface area contributed by atoms with Crippen LogP contribution < -0.4 is 5.32 Å². The van der Waals surface area contributed by atoms with Crippen molar-refractivity contribution in [2.24, 2.45) is 22.7 Å². The van der Waals surface area contributed by atoms with E-state index in [1.807, 2.05) is 4.90 Å². The molecule has 190 valence electrons. The molecule has 0 radical (unpaired) electrons. The summed E-state index contributed by atoms with van der Waals surface area (Å²) in [4.78, 5) is 27.0. The van der Waals surface area contributed by atoms with Gasteiger partial charge in [0.15, 0.2) is 0 Å². The van der Waals surface area contributed by atoms with Crippen LogP contribution in [0.4, 0.5) is 4.79 Å². The predicted octanol–water partition coefficient (Wildman–Crippen LogP) is 6.89. The number of hydrogen-bond donors (Lipinski definition) is 2. The third-order valence-electron chi connectivity index (χ3n) is 9.34. The molecule has 2 amide bonds. The first-order chi connectivity index (χ1) is 16.3. The maximum absolute atomic E-state index is 13.5. The summed E-state index contributed by atoms with van der Waals surface area (Å²) < 4.78 is 0. The highest BCUT2D eigenvalue weighted by molar-refractivity contribution is 6.31. The summed E-state index contributed by atoms with van der Waals surface area (Å²) >= 11 is 6.81. The number of amides is 2. The van der Waals surface area contributed by atoms with E-state index in [1.54, 1.807) is 0 Å². The van der Waals surface area contributed by atoms with Gasteiger partial charge in [0.1, 0.15) is 0 Å². The highest BCUT2D eigenvalue weighted by atomic mass is 35.5. The van der Waals surface area contributed by atoms with Crippen molar-refractivity contribution >= 4 is 23.6 Å². The van der Waals surface area contributed by atoms with Gasteiger partial charge in [-0.3, -0.25) is 9.69 Å². The number of rotatable bonds is 6. The molecular weight excluding hydrogens is 460 g/mol. The minimum atomic E-state index is -0.725. The number of carboxylic acid groups (broad SMARTS) is 1. The van der Waals surface area contributed by atoms with E-state index in [-0.39, 0.29) is 17.0 Å². The fourth-order valence-corrected chi connectivity index (χ4v) is 7.22. The second kappa shape index (κ2) is 7.99. The minimum Gasteiger partial charge on any atom is -0.481 e. The molecule has 0 aromatic heterocycles. The zero-order valence-corrected chi connectivity index (χ0v) is 22.5. The molecule has 6 heteroatoms. The Kier molecular flexibility index (Phi) is 5.64. The Morgan fingerprint density at radius 2 is 1.94 bits per heavy atom. The molecule has 4 saturated carbocycles. The molecule has 2 atom stereocenters. The molecule has 0 saturated heterocycles. The zero-order valence-electron chi connectivity index (χ0n) is 21.7. The lowest BCUT2D eigenvalue weighted by molar-refractivity contribution is -0.215. The normalized spacial score (nSPS) is 33.9. The number of benzene rings is 1. The first kappa shape index (κ1) is 24.7. The van der Waals surface area contributed by atoms with Gasteiger partial charge in [0.2, 0.25) is 0 Å². The molecule has 2 bridgehead atoms. The van der Waals surface area contributed by atoms with Gasteiger partial charge in [0, 0.05) is 11.2 Å². The van der Waals surface area contributed by atoms with Gasteiger partial charge in [0.05, 0.1) is 16.5 Å². The second-order valence-corrected chi connectivity index (χ2v) is 13.7. The van der Waals surface area contributed by atoms with E-state index < -0.39 is 16.9 Å². The number of carbonyl (C=O) groups is 2. The molecule has 4 aliphatic carbocycles. The van der Waals surface area contributed by atoms with Crippen LogP contribution in [0.3, 0.4) is 0 Å². The Balaban J connectivity index is 1.47. The predicted molar refractivity (Wildman–Crippen MR) is 138 cm³/mol.